The lowest BCUT2D eigenvalue weighted by Gasteiger charge is -2.35. The van der Waals surface area contributed by atoms with Gasteiger partial charge in [0.15, 0.2) is 23.5 Å². The first kappa shape index (κ1) is 20.5. The molecule has 1 saturated heterocycles. The highest BCUT2D eigenvalue weighted by Crippen LogP contribution is 2.34. The van der Waals surface area contributed by atoms with Gasteiger partial charge in [-0.2, -0.15) is 4.98 Å². The largest absolute Gasteiger partial charge is 0.493 e. The molecule has 0 atom stereocenters. The van der Waals surface area contributed by atoms with Gasteiger partial charge in [-0.25, -0.2) is 4.98 Å². The Morgan fingerprint density at radius 3 is 2.38 bits per heavy atom. The molecule has 3 heterocycles. The molecule has 1 aromatic carbocycles. The fourth-order valence-electron chi connectivity index (χ4n) is 3.42. The Bertz CT molecular complexity index is 1020. The number of rotatable bonds is 5. The molecule has 0 aliphatic carbocycles. The third kappa shape index (κ3) is 3.73. The Balaban J connectivity index is 0.00000240. The number of furan rings is 1. The van der Waals surface area contributed by atoms with Gasteiger partial charge >= 0.3 is 0 Å². The van der Waals surface area contributed by atoms with E-state index in [9.17, 15) is 4.79 Å². The summed E-state index contributed by atoms with van der Waals surface area (Å²) >= 11 is 0. The maximum Gasteiger partial charge on any atom is 0.228 e. The van der Waals surface area contributed by atoms with E-state index < -0.39 is 0 Å². The number of hydrogen-bond donors (Lipinski definition) is 1. The van der Waals surface area contributed by atoms with Crippen LogP contribution in [-0.4, -0.2) is 56.7 Å². The van der Waals surface area contributed by atoms with Crippen molar-refractivity contribution in [3.63, 3.8) is 0 Å². The summed E-state index contributed by atoms with van der Waals surface area (Å²) < 4.78 is 15.9. The van der Waals surface area contributed by atoms with Gasteiger partial charge in [0, 0.05) is 43.7 Å². The molecular formula is C19H22ClN5O4. The summed E-state index contributed by atoms with van der Waals surface area (Å²) in [5.74, 6) is 2.48. The number of carbonyl (C=O) groups excluding carboxylic acids is 1. The van der Waals surface area contributed by atoms with E-state index in [1.165, 1.54) is 6.26 Å². The molecule has 10 heteroatoms. The number of piperazine rings is 1. The Morgan fingerprint density at radius 1 is 1.07 bits per heavy atom. The molecule has 0 spiro atoms. The second-order valence-electron chi connectivity index (χ2n) is 6.40. The van der Waals surface area contributed by atoms with Gasteiger partial charge in [-0.05, 0) is 6.07 Å². The molecule has 0 amide bonds. The molecule has 154 valence electrons. The highest BCUT2D eigenvalue weighted by molar-refractivity contribution is 5.91. The van der Waals surface area contributed by atoms with Gasteiger partial charge in [0.25, 0.3) is 0 Å². The van der Waals surface area contributed by atoms with Gasteiger partial charge in [0.1, 0.15) is 5.82 Å². The number of hydrogen-bond acceptors (Lipinski definition) is 9. The summed E-state index contributed by atoms with van der Waals surface area (Å²) in [6.45, 7) is 2.82. The van der Waals surface area contributed by atoms with Gasteiger partial charge in [-0.3, -0.25) is 4.79 Å². The smallest absolute Gasteiger partial charge is 0.228 e. The second-order valence-corrected chi connectivity index (χ2v) is 6.40. The van der Waals surface area contributed by atoms with Crippen LogP contribution in [0.15, 0.2) is 28.9 Å². The molecule has 1 aliphatic heterocycles. The summed E-state index contributed by atoms with van der Waals surface area (Å²) in [5.41, 5.74) is 7.69. The number of fused-ring (bicyclic) bond motifs is 1. The predicted octanol–water partition coefficient (Wildman–Crippen LogP) is 2.38. The highest BCUT2D eigenvalue weighted by atomic mass is 35.5. The standard InChI is InChI=1S/C19H21N5O4.ClH/c1-26-15-9-12-13(10-16(15)27-2)21-19(22-18(12)20)24-6-4-23(5-7-24)14-3-8-28-17(14)11-25;/h3,8-11H,4-7H2,1-2H3,(H2,20,21,22);1H. The molecule has 0 unspecified atom stereocenters. The third-order valence-corrected chi connectivity index (χ3v) is 4.90. The average Bonchev–Trinajstić information content (AvgIpc) is 3.21. The van der Waals surface area contributed by atoms with E-state index in [0.29, 0.717) is 66.1 Å². The molecule has 0 radical (unpaired) electrons. The summed E-state index contributed by atoms with van der Waals surface area (Å²) in [6, 6.07) is 5.39. The van der Waals surface area contributed by atoms with Gasteiger partial charge in [0.05, 0.1) is 31.7 Å². The molecule has 0 bridgehead atoms. The second kappa shape index (κ2) is 8.44. The molecule has 1 aliphatic rings. The molecular weight excluding hydrogens is 398 g/mol. The summed E-state index contributed by atoms with van der Waals surface area (Å²) in [6.07, 6.45) is 2.26. The number of methoxy groups -OCH3 is 2. The normalized spacial score (nSPS) is 13.9. The molecule has 2 aromatic heterocycles. The summed E-state index contributed by atoms with van der Waals surface area (Å²) in [5, 5.41) is 0.717. The average molecular weight is 420 g/mol. The number of aldehydes is 1. The van der Waals surface area contributed by atoms with Crippen molar-refractivity contribution in [1.82, 2.24) is 9.97 Å². The molecule has 3 aromatic rings. The van der Waals surface area contributed by atoms with Crippen molar-refractivity contribution in [3.05, 3.63) is 30.2 Å². The van der Waals surface area contributed by atoms with Crippen molar-refractivity contribution in [1.29, 1.82) is 0 Å². The van der Waals surface area contributed by atoms with E-state index >= 15 is 0 Å². The Hall–Kier alpha value is -3.20. The van der Waals surface area contributed by atoms with E-state index in [-0.39, 0.29) is 12.4 Å². The van der Waals surface area contributed by atoms with Crippen molar-refractivity contribution in [2.75, 3.05) is 55.9 Å². The van der Waals surface area contributed by atoms with E-state index in [1.54, 1.807) is 26.4 Å². The number of nitrogen functional groups attached to an aromatic ring is 1. The van der Waals surface area contributed by atoms with Crippen LogP contribution >= 0.6 is 12.4 Å². The van der Waals surface area contributed by atoms with Crippen LogP contribution in [0.25, 0.3) is 10.9 Å². The van der Waals surface area contributed by atoms with Crippen molar-refractivity contribution in [2.24, 2.45) is 0 Å². The molecule has 0 saturated carbocycles. The van der Waals surface area contributed by atoms with E-state index in [1.807, 2.05) is 6.07 Å². The molecule has 4 rings (SSSR count). The van der Waals surface area contributed by atoms with Crippen LogP contribution in [0.1, 0.15) is 10.6 Å². The molecule has 2 N–H and O–H groups in total. The number of ether oxygens (including phenoxy) is 2. The van der Waals surface area contributed by atoms with Crippen LogP contribution in [0.3, 0.4) is 0 Å². The van der Waals surface area contributed by atoms with Gasteiger partial charge in [0.2, 0.25) is 5.95 Å². The molecule has 1 fully saturated rings. The fourth-order valence-corrected chi connectivity index (χ4v) is 3.42. The topological polar surface area (TPSA) is 107 Å². The first-order valence-electron chi connectivity index (χ1n) is 8.86. The molecule has 29 heavy (non-hydrogen) atoms. The first-order chi connectivity index (χ1) is 13.6. The minimum absolute atomic E-state index is 0. The Labute approximate surface area is 173 Å². The lowest BCUT2D eigenvalue weighted by molar-refractivity contribution is 0.110. The zero-order valence-corrected chi connectivity index (χ0v) is 16.9. The van der Waals surface area contributed by atoms with Crippen LogP contribution in [0.2, 0.25) is 0 Å². The summed E-state index contributed by atoms with van der Waals surface area (Å²) in [7, 11) is 3.16. The van der Waals surface area contributed by atoms with Crippen molar-refractivity contribution in [2.45, 2.75) is 0 Å². The number of carbonyl (C=O) groups is 1. The van der Waals surface area contributed by atoms with E-state index in [0.717, 1.165) is 12.0 Å². The highest BCUT2D eigenvalue weighted by Gasteiger charge is 2.23. The quantitative estimate of drug-likeness (QED) is 0.623. The first-order valence-corrected chi connectivity index (χ1v) is 8.86. The minimum Gasteiger partial charge on any atom is -0.493 e. The van der Waals surface area contributed by atoms with Crippen LogP contribution in [0, 0.1) is 0 Å². The van der Waals surface area contributed by atoms with Crippen LogP contribution in [0.5, 0.6) is 11.5 Å². The number of nitrogens with zero attached hydrogens (tertiary/aromatic N) is 4. The van der Waals surface area contributed by atoms with Gasteiger partial charge in [-0.15, -0.1) is 12.4 Å². The number of aromatic nitrogens is 2. The van der Waals surface area contributed by atoms with E-state index in [2.05, 4.69) is 19.8 Å². The van der Waals surface area contributed by atoms with E-state index in [4.69, 9.17) is 19.6 Å². The van der Waals surface area contributed by atoms with Crippen molar-refractivity contribution >= 4 is 47.0 Å². The van der Waals surface area contributed by atoms with Crippen molar-refractivity contribution in [3.8, 4) is 11.5 Å². The van der Waals surface area contributed by atoms with Crippen LogP contribution in [0.4, 0.5) is 17.5 Å². The zero-order chi connectivity index (χ0) is 19.7. The molecule has 9 nitrogen and oxygen atoms in total. The van der Waals surface area contributed by atoms with Gasteiger partial charge in [-0.1, -0.05) is 0 Å². The van der Waals surface area contributed by atoms with Crippen LogP contribution < -0.4 is 25.0 Å². The number of halogens is 1. The number of anilines is 3. The number of benzene rings is 1. The predicted molar refractivity (Wildman–Crippen MR) is 113 cm³/mol. The van der Waals surface area contributed by atoms with Crippen LogP contribution in [-0.2, 0) is 0 Å². The number of nitrogens with two attached hydrogens (primary N) is 1. The fraction of sp³-hybridized carbons (Fsp3) is 0.316. The lowest BCUT2D eigenvalue weighted by Crippen LogP contribution is -2.47. The Kier molecular flexibility index (Phi) is 5.97. The maximum atomic E-state index is 11.1. The zero-order valence-electron chi connectivity index (χ0n) is 16.1. The monoisotopic (exact) mass is 419 g/mol. The Morgan fingerprint density at radius 2 is 1.72 bits per heavy atom. The maximum absolute atomic E-state index is 11.1. The SMILES string of the molecule is COc1cc2nc(N3CCN(c4ccoc4C=O)CC3)nc(N)c2cc1OC.Cl. The third-order valence-electron chi connectivity index (χ3n) is 4.90. The van der Waals surface area contributed by atoms with Gasteiger partial charge < -0.3 is 29.4 Å². The summed E-state index contributed by atoms with van der Waals surface area (Å²) in [4.78, 5) is 24.4. The van der Waals surface area contributed by atoms with Crippen molar-refractivity contribution < 1.29 is 18.7 Å². The lowest BCUT2D eigenvalue weighted by atomic mass is 10.2. The minimum atomic E-state index is 0.